The van der Waals surface area contributed by atoms with Crippen molar-refractivity contribution in [2.75, 3.05) is 88.3 Å². The summed E-state index contributed by atoms with van der Waals surface area (Å²) in [4.78, 5) is 37.4. The molecule has 1 aromatic carbocycles. The molecule has 5 fully saturated rings. The largest absolute Gasteiger partial charge is 0.494 e. The summed E-state index contributed by atoms with van der Waals surface area (Å²) in [5, 5.41) is 3.39. The SMILES string of the molecule is COc1cccnc1-c1nc(C(N)=O)c(Nc2ccc(N3CCC(N4CC5(CCN(C)CC5)C4)CC3)cc2)nc1N1CCC12CCOCC2. The van der Waals surface area contributed by atoms with Crippen molar-refractivity contribution in [3.63, 3.8) is 0 Å². The maximum Gasteiger partial charge on any atom is 0.271 e. The van der Waals surface area contributed by atoms with Gasteiger partial charge in [0, 0.05) is 75.1 Å². The third-order valence-corrected chi connectivity index (χ3v) is 12.0. The van der Waals surface area contributed by atoms with E-state index in [0.29, 0.717) is 53.4 Å². The Hall–Kier alpha value is -4.00. The first-order valence-corrected chi connectivity index (χ1v) is 18.0. The predicted molar refractivity (Wildman–Crippen MR) is 191 cm³/mol. The van der Waals surface area contributed by atoms with Gasteiger partial charge in [-0.25, -0.2) is 9.97 Å². The first-order chi connectivity index (χ1) is 23.9. The van der Waals surface area contributed by atoms with Crippen molar-refractivity contribution in [3.8, 4) is 17.1 Å². The van der Waals surface area contributed by atoms with Crippen LogP contribution in [0.3, 0.4) is 0 Å². The molecular formula is C37H49N9O3. The number of anilines is 4. The topological polar surface area (TPSA) is 125 Å². The number of hydrogen-bond acceptors (Lipinski definition) is 11. The van der Waals surface area contributed by atoms with Crippen molar-refractivity contribution in [1.29, 1.82) is 0 Å². The predicted octanol–water partition coefficient (Wildman–Crippen LogP) is 4.15. The molecule has 0 radical (unpaired) electrons. The summed E-state index contributed by atoms with van der Waals surface area (Å²) < 4.78 is 11.4. The van der Waals surface area contributed by atoms with Crippen molar-refractivity contribution < 1.29 is 14.3 Å². The number of hydrogen-bond donors (Lipinski definition) is 2. The van der Waals surface area contributed by atoms with Crippen molar-refractivity contribution in [1.82, 2.24) is 24.8 Å². The van der Waals surface area contributed by atoms with Gasteiger partial charge in [-0.05, 0) is 107 Å². The molecule has 7 heterocycles. The number of pyridine rings is 1. The molecule has 0 bridgehead atoms. The fraction of sp³-hybridized carbons (Fsp3) is 0.568. The van der Waals surface area contributed by atoms with Crippen LogP contribution >= 0.6 is 0 Å². The Kier molecular flexibility index (Phi) is 8.57. The normalized spacial score (nSPS) is 22.5. The number of rotatable bonds is 8. The molecule has 2 spiro atoms. The van der Waals surface area contributed by atoms with Gasteiger partial charge in [-0.1, -0.05) is 0 Å². The molecule has 1 amide bonds. The number of aromatic nitrogens is 3. The van der Waals surface area contributed by atoms with E-state index >= 15 is 0 Å². The van der Waals surface area contributed by atoms with Crippen LogP contribution in [0.15, 0.2) is 42.6 Å². The highest BCUT2D eigenvalue weighted by atomic mass is 16.5. The third-order valence-electron chi connectivity index (χ3n) is 12.0. The highest BCUT2D eigenvalue weighted by Crippen LogP contribution is 2.46. The van der Waals surface area contributed by atoms with Gasteiger partial charge in [-0.3, -0.25) is 14.7 Å². The second-order valence-corrected chi connectivity index (χ2v) is 14.8. The number of amides is 1. The van der Waals surface area contributed by atoms with Gasteiger partial charge in [-0.15, -0.1) is 0 Å². The minimum Gasteiger partial charge on any atom is -0.494 e. The summed E-state index contributed by atoms with van der Waals surface area (Å²) in [7, 11) is 3.85. The number of primary amides is 1. The summed E-state index contributed by atoms with van der Waals surface area (Å²) in [6.07, 6.45) is 9.66. The van der Waals surface area contributed by atoms with Crippen molar-refractivity contribution in [2.45, 2.75) is 56.5 Å². The summed E-state index contributed by atoms with van der Waals surface area (Å²) >= 11 is 0. The molecule has 0 saturated carbocycles. The van der Waals surface area contributed by atoms with Crippen molar-refractivity contribution in [2.24, 2.45) is 11.1 Å². The molecule has 0 unspecified atom stereocenters. The van der Waals surface area contributed by atoms with Crippen LogP contribution in [0.2, 0.25) is 0 Å². The van der Waals surface area contributed by atoms with Crippen molar-refractivity contribution >= 4 is 28.9 Å². The first-order valence-electron chi connectivity index (χ1n) is 18.0. The summed E-state index contributed by atoms with van der Waals surface area (Å²) in [6.45, 7) is 9.42. The molecule has 12 heteroatoms. The molecule has 0 atom stereocenters. The maximum atomic E-state index is 12.9. The van der Waals surface area contributed by atoms with E-state index in [1.807, 2.05) is 24.3 Å². The standard InChI is InChI=1S/C37H49N9O3/c1-43-19-11-36(12-20-43)24-45(25-36)28-9-17-44(18-10-28)27-7-5-26(6-8-27)40-34-32(33(38)47)41-31(30-29(48-2)4-3-16-39-30)35(42-34)46-21-13-37(46)14-22-49-23-15-37/h3-8,16,28H,9-15,17-25H2,1-2H3,(H2,38,47)(H,40,42). The van der Waals surface area contributed by atoms with E-state index in [2.05, 4.69) is 49.1 Å². The van der Waals surface area contributed by atoms with Gasteiger partial charge in [0.25, 0.3) is 5.91 Å². The number of likely N-dealkylation sites (tertiary alicyclic amines) is 2. The Morgan fingerprint density at radius 1 is 0.939 bits per heavy atom. The lowest BCUT2D eigenvalue weighted by molar-refractivity contribution is -0.0704. The van der Waals surface area contributed by atoms with Gasteiger partial charge in [0.2, 0.25) is 0 Å². The molecule has 5 aliphatic heterocycles. The van der Waals surface area contributed by atoms with Crippen molar-refractivity contribution in [3.05, 3.63) is 48.3 Å². The molecule has 8 rings (SSSR count). The Balaban J connectivity index is 0.997. The number of piperidine rings is 2. The number of benzene rings is 1. The second-order valence-electron chi connectivity index (χ2n) is 14.8. The second kappa shape index (κ2) is 13.0. The van der Waals surface area contributed by atoms with Gasteiger partial charge < -0.3 is 35.2 Å². The van der Waals surface area contributed by atoms with Gasteiger partial charge in [0.1, 0.15) is 17.1 Å². The van der Waals surface area contributed by atoms with Gasteiger partial charge in [0.05, 0.1) is 7.11 Å². The Labute approximate surface area is 289 Å². The molecule has 49 heavy (non-hydrogen) atoms. The summed E-state index contributed by atoms with van der Waals surface area (Å²) in [5.41, 5.74) is 9.56. The average molecular weight is 668 g/mol. The molecule has 260 valence electrons. The smallest absolute Gasteiger partial charge is 0.271 e. The lowest BCUT2D eigenvalue weighted by Gasteiger charge is -2.57. The van der Waals surface area contributed by atoms with E-state index in [-0.39, 0.29) is 11.2 Å². The Morgan fingerprint density at radius 2 is 1.67 bits per heavy atom. The van der Waals surface area contributed by atoms with Gasteiger partial charge >= 0.3 is 0 Å². The zero-order chi connectivity index (χ0) is 33.6. The minimum atomic E-state index is -0.662. The van der Waals surface area contributed by atoms with E-state index < -0.39 is 5.91 Å². The molecule has 3 aromatic rings. The number of nitrogens with two attached hydrogens (primary N) is 1. The molecule has 5 aliphatic rings. The molecule has 12 nitrogen and oxygen atoms in total. The van der Waals surface area contributed by atoms with Crippen LogP contribution in [0.1, 0.15) is 55.4 Å². The first kappa shape index (κ1) is 32.2. The number of ether oxygens (including phenoxy) is 2. The van der Waals surface area contributed by atoms with E-state index in [1.165, 1.54) is 57.5 Å². The van der Waals surface area contributed by atoms with E-state index in [9.17, 15) is 4.79 Å². The van der Waals surface area contributed by atoms with E-state index in [0.717, 1.165) is 44.6 Å². The number of nitrogens with zero attached hydrogens (tertiary/aromatic N) is 7. The summed E-state index contributed by atoms with van der Waals surface area (Å²) in [5.74, 6) is 0.897. The molecule has 2 aromatic heterocycles. The number of carbonyl (C=O) groups is 1. The fourth-order valence-corrected chi connectivity index (χ4v) is 8.77. The zero-order valence-corrected chi connectivity index (χ0v) is 28.9. The third kappa shape index (κ3) is 6.08. The maximum absolute atomic E-state index is 12.9. The number of nitrogens with one attached hydrogen (secondary N) is 1. The van der Waals surface area contributed by atoms with Crippen LogP contribution in [0, 0.1) is 5.41 Å². The van der Waals surface area contributed by atoms with Gasteiger partial charge in [-0.2, -0.15) is 0 Å². The zero-order valence-electron chi connectivity index (χ0n) is 28.9. The van der Waals surface area contributed by atoms with Gasteiger partial charge in [0.15, 0.2) is 17.3 Å². The highest BCUT2D eigenvalue weighted by Gasteiger charge is 2.48. The lowest BCUT2D eigenvalue weighted by Crippen LogP contribution is -2.63. The Bertz CT molecular complexity index is 1650. The fourth-order valence-electron chi connectivity index (χ4n) is 8.77. The molecule has 0 aliphatic carbocycles. The monoisotopic (exact) mass is 667 g/mol. The molecular weight excluding hydrogens is 618 g/mol. The average Bonchev–Trinajstić information content (AvgIpc) is 3.11. The number of carbonyl (C=O) groups excluding carboxylic acids is 1. The van der Waals surface area contributed by atoms with E-state index in [4.69, 9.17) is 25.2 Å². The minimum absolute atomic E-state index is 0.0612. The number of methoxy groups -OCH3 is 1. The van der Waals surface area contributed by atoms with Crippen LogP contribution in [-0.4, -0.2) is 115 Å². The Morgan fingerprint density at radius 3 is 2.33 bits per heavy atom. The molecule has 3 N–H and O–H groups in total. The van der Waals surface area contributed by atoms with Crippen LogP contribution in [-0.2, 0) is 4.74 Å². The summed E-state index contributed by atoms with van der Waals surface area (Å²) in [6, 6.07) is 12.7. The van der Waals surface area contributed by atoms with E-state index in [1.54, 1.807) is 13.3 Å². The molecule has 5 saturated heterocycles. The lowest BCUT2D eigenvalue weighted by atomic mass is 9.71. The van der Waals surface area contributed by atoms with Crippen LogP contribution in [0.25, 0.3) is 11.4 Å². The van der Waals surface area contributed by atoms with Crippen LogP contribution in [0.5, 0.6) is 5.75 Å². The quantitative estimate of drug-likeness (QED) is 0.360. The van der Waals surface area contributed by atoms with Crippen LogP contribution < -0.4 is 25.6 Å². The van der Waals surface area contributed by atoms with Crippen LogP contribution in [0.4, 0.5) is 23.0 Å². The highest BCUT2D eigenvalue weighted by molar-refractivity contribution is 5.98.